The lowest BCUT2D eigenvalue weighted by atomic mass is 9.34. The van der Waals surface area contributed by atoms with Crippen LogP contribution in [0.3, 0.4) is 0 Å². The van der Waals surface area contributed by atoms with E-state index in [1.165, 1.54) is 83.1 Å². The van der Waals surface area contributed by atoms with Gasteiger partial charge < -0.3 is 83.9 Å². The molecular weight excluding hydrogens is 1150 g/mol. The number of carbonyl (C=O) groups is 17. The number of nitrogens with one attached hydrogen (secondary N) is 4. The molecule has 0 aromatic carbocycles. The van der Waals surface area contributed by atoms with E-state index < -0.39 is 67.4 Å². The van der Waals surface area contributed by atoms with Crippen molar-refractivity contribution >= 4 is 99.5 Å². The number of ketones is 12. The average Bonchev–Trinajstić information content (AvgIpc) is 3.41. The highest BCUT2D eigenvalue weighted by Gasteiger charge is 2.76. The third-order valence-corrected chi connectivity index (χ3v) is 19.0. The number of hydrogen-bond donors (Lipinski definition) is 5. The van der Waals surface area contributed by atoms with Gasteiger partial charge in [0.2, 0.25) is 23.6 Å². The summed E-state index contributed by atoms with van der Waals surface area (Å²) in [5.41, 5.74) is -13.1. The van der Waals surface area contributed by atoms with Crippen molar-refractivity contribution in [2.75, 3.05) is 0 Å². The smallest absolute Gasteiger partial charge is 0.290 e. The van der Waals surface area contributed by atoms with Crippen LogP contribution in [0.4, 0.5) is 0 Å². The normalized spacial score (nSPS) is 20.1. The van der Waals surface area contributed by atoms with Crippen LogP contribution in [0.2, 0.25) is 0 Å². The van der Waals surface area contributed by atoms with Crippen LogP contribution >= 0.6 is 0 Å². The Bertz CT molecular complexity index is 2150. The molecule has 0 atom stereocenters. The van der Waals surface area contributed by atoms with Crippen LogP contribution in [0.1, 0.15) is 276 Å². The zero-order valence-corrected chi connectivity index (χ0v) is 55.2. The zero-order chi connectivity index (χ0) is 68.0. The highest BCUT2D eigenvalue weighted by Crippen LogP contribution is 2.74. The van der Waals surface area contributed by atoms with Gasteiger partial charge in [0, 0.05) is 99.2 Å². The third kappa shape index (κ3) is 24.3. The summed E-state index contributed by atoms with van der Waals surface area (Å²) >= 11 is 0. The molecule has 22 nitrogen and oxygen atoms in total. The Labute approximate surface area is 525 Å². The molecule has 4 fully saturated rings. The first-order valence-electron chi connectivity index (χ1n) is 31.5. The Morgan fingerprint density at radius 2 is 0.348 bits per heavy atom. The van der Waals surface area contributed by atoms with Gasteiger partial charge in [-0.25, -0.2) is 0 Å². The summed E-state index contributed by atoms with van der Waals surface area (Å²) in [6.07, 6.45) is -3.03. The van der Waals surface area contributed by atoms with E-state index >= 15 is 19.2 Å². The molecule has 0 saturated heterocycles. The summed E-state index contributed by atoms with van der Waals surface area (Å²) in [5, 5.41) is 19.8. The maximum atomic E-state index is 16.5. The largest absolute Gasteiger partial charge is 0.483 e. The minimum atomic E-state index is -1.88. The Balaban J connectivity index is 0.00000881. The van der Waals surface area contributed by atoms with Crippen molar-refractivity contribution < 1.29 is 86.6 Å². The number of hydrogen-bond acceptors (Lipinski definition) is 17. The first-order valence-corrected chi connectivity index (χ1v) is 31.5. The molecule has 0 aromatic rings. The van der Waals surface area contributed by atoms with E-state index in [0.29, 0.717) is 0 Å². The Hall–Kier alpha value is -6.61. The second-order valence-corrected chi connectivity index (χ2v) is 27.6. The second kappa shape index (κ2) is 34.0. The van der Waals surface area contributed by atoms with Crippen LogP contribution in [0.5, 0.6) is 0 Å². The van der Waals surface area contributed by atoms with Gasteiger partial charge in [-0.1, -0.05) is 0 Å². The summed E-state index contributed by atoms with van der Waals surface area (Å²) in [4.78, 5) is 229. The van der Waals surface area contributed by atoms with Crippen molar-refractivity contribution in [3.63, 3.8) is 0 Å². The molecule has 0 radical (unpaired) electrons. The maximum absolute atomic E-state index is 16.5. The molecule has 0 aromatic heterocycles. The summed E-state index contributed by atoms with van der Waals surface area (Å²) in [6.45, 7) is 16.1. The minimum absolute atomic E-state index is 0.0193. The first-order chi connectivity index (χ1) is 41.2. The Morgan fingerprint density at radius 1 is 0.258 bits per heavy atom. The van der Waals surface area contributed by atoms with E-state index in [0.717, 1.165) is 0 Å². The minimum Gasteiger partial charge on any atom is -0.483 e. The molecule has 4 aliphatic rings. The van der Waals surface area contributed by atoms with E-state index in [1.54, 1.807) is 0 Å². The van der Waals surface area contributed by atoms with Crippen LogP contribution in [0.25, 0.3) is 0 Å². The van der Waals surface area contributed by atoms with Crippen molar-refractivity contribution in [2.24, 2.45) is 21.7 Å². The molecule has 498 valence electrons. The van der Waals surface area contributed by atoms with Gasteiger partial charge >= 0.3 is 0 Å². The second-order valence-electron chi connectivity index (χ2n) is 27.6. The fourth-order valence-corrected chi connectivity index (χ4v) is 14.3. The highest BCUT2D eigenvalue weighted by atomic mass is 16.3. The Morgan fingerprint density at radius 3 is 0.427 bits per heavy atom. The van der Waals surface area contributed by atoms with Gasteiger partial charge in [0.25, 0.3) is 6.47 Å². The standard InChI is InChI=1S/C66H100N4O16.CH2O2/c1-43(71)13-25-63(26-14-44(2)72,27-15-45(3)73)67-55(83)59-37-60(56(84)68-64(28-16-46(4)74,29-17-47(5)75)30-18-48(6)76)40-61(38-59,57(85)69-65(31-19-49(7)77,32-20-50(8)78)33-21-51(9)79)42-62(39-59,41-60)58(86)70-66(34-22-52(10)80,35-23-53(11)81)36-24-54(12)82;2-1-3/h13-42H2,1-12H3,(H,67,83)(H,68,84)(H,69,85)(H,70,86);1H,(H,2,3). The number of amides is 4. The maximum Gasteiger partial charge on any atom is 0.290 e. The first kappa shape index (κ1) is 78.5. The van der Waals surface area contributed by atoms with Crippen LogP contribution in [0.15, 0.2) is 0 Å². The van der Waals surface area contributed by atoms with Crippen molar-refractivity contribution in [1.29, 1.82) is 0 Å². The summed E-state index contributed by atoms with van der Waals surface area (Å²) in [7, 11) is 0. The molecule has 22 heteroatoms. The van der Waals surface area contributed by atoms with Gasteiger partial charge in [-0.3, -0.25) is 24.0 Å². The summed E-state index contributed by atoms with van der Waals surface area (Å²) in [5.74, 6) is -5.94. The van der Waals surface area contributed by atoms with E-state index in [1.807, 2.05) is 0 Å². The summed E-state index contributed by atoms with van der Waals surface area (Å²) in [6, 6.07) is 0. The molecule has 5 N–H and O–H groups in total. The van der Waals surface area contributed by atoms with Gasteiger partial charge in [0.05, 0.1) is 21.7 Å². The van der Waals surface area contributed by atoms with E-state index in [-0.39, 0.29) is 268 Å². The Kier molecular flexibility index (Phi) is 30.0. The topological polar surface area (TPSA) is 359 Å². The van der Waals surface area contributed by atoms with Crippen molar-refractivity contribution in [3.05, 3.63) is 0 Å². The fraction of sp³-hybridized carbons (Fsp3) is 0.746. The summed E-state index contributed by atoms with van der Waals surface area (Å²) < 4.78 is 0. The van der Waals surface area contributed by atoms with Crippen molar-refractivity contribution in [3.8, 4) is 0 Å². The fourth-order valence-electron chi connectivity index (χ4n) is 14.3. The van der Waals surface area contributed by atoms with Crippen LogP contribution in [-0.2, 0) is 81.5 Å². The molecule has 4 rings (SSSR count). The molecule has 0 unspecified atom stereocenters. The van der Waals surface area contributed by atoms with Crippen molar-refractivity contribution in [2.45, 2.75) is 298 Å². The molecule has 4 bridgehead atoms. The molecule has 0 aliphatic heterocycles. The monoisotopic (exact) mass is 1250 g/mol. The van der Waals surface area contributed by atoms with E-state index in [9.17, 15) is 57.5 Å². The highest BCUT2D eigenvalue weighted by molar-refractivity contribution is 5.98. The number of rotatable bonds is 44. The number of Topliss-reactive ketones (excluding diaryl/α,β-unsaturated/α-hetero) is 12. The molecule has 4 saturated carbocycles. The van der Waals surface area contributed by atoms with Crippen LogP contribution in [-0.4, -0.2) is 127 Å². The predicted octanol–water partition coefficient (Wildman–Crippen LogP) is 7.86. The van der Waals surface area contributed by atoms with Crippen LogP contribution < -0.4 is 21.3 Å². The molecule has 4 aliphatic carbocycles. The lowest BCUT2D eigenvalue weighted by Crippen LogP contribution is -2.74. The average molecular weight is 1250 g/mol. The molecule has 0 heterocycles. The number of carbonyl (C=O) groups excluding carboxylic acids is 16. The zero-order valence-electron chi connectivity index (χ0n) is 55.2. The van der Waals surface area contributed by atoms with E-state index in [2.05, 4.69) is 21.3 Å². The molecule has 89 heavy (non-hydrogen) atoms. The lowest BCUT2D eigenvalue weighted by molar-refractivity contribution is -0.211. The van der Waals surface area contributed by atoms with Gasteiger partial charge in [-0.15, -0.1) is 0 Å². The van der Waals surface area contributed by atoms with Gasteiger partial charge in [-0.05, 0) is 199 Å². The molecule has 4 amide bonds. The van der Waals surface area contributed by atoms with Crippen LogP contribution in [0, 0.1) is 21.7 Å². The van der Waals surface area contributed by atoms with Gasteiger partial charge in [-0.2, -0.15) is 0 Å². The SMILES string of the molecule is CC(=O)CCC(CCC(C)=O)(CCC(C)=O)NC(=O)C12CC3(C(=O)NC(CCC(C)=O)(CCC(C)=O)CCC(C)=O)CC(C(=O)NC(CCC(C)=O)(CCC(C)=O)CCC(C)=O)(C1)CC(C(=O)NC(CCC(C)=O)(CCC(C)=O)CCC(C)=O)(C2)C3.O=CO. The molecular formula is C67H102N4O18. The quantitative estimate of drug-likeness (QED) is 0.0362. The number of carboxylic acid groups (broad SMARTS) is 1. The van der Waals surface area contributed by atoms with Gasteiger partial charge in [0.1, 0.15) is 69.4 Å². The predicted molar refractivity (Wildman–Crippen MR) is 329 cm³/mol. The third-order valence-electron chi connectivity index (χ3n) is 19.0. The molecule has 0 spiro atoms. The van der Waals surface area contributed by atoms with Crippen molar-refractivity contribution in [1.82, 2.24) is 21.3 Å². The van der Waals surface area contributed by atoms with Gasteiger partial charge in [0.15, 0.2) is 0 Å². The lowest BCUT2D eigenvalue weighted by Gasteiger charge is -2.68. The van der Waals surface area contributed by atoms with E-state index in [4.69, 9.17) is 9.90 Å².